The van der Waals surface area contributed by atoms with E-state index in [4.69, 9.17) is 9.05 Å². The molecule has 0 fully saturated rings. The number of unbranched alkanes of at least 4 members (excludes halogenated alkanes) is 5. The normalized spacial score (nSPS) is 13.5. The maximum absolute atomic E-state index is 12.2. The van der Waals surface area contributed by atoms with E-state index < -0.39 is 12.5 Å². The molecule has 0 aliphatic heterocycles. The topological polar surface area (TPSA) is 78.7 Å². The molecule has 0 amide bonds. The van der Waals surface area contributed by atoms with Crippen molar-refractivity contribution in [3.05, 3.63) is 34.4 Å². The maximum Gasteiger partial charge on any atom is 0.376 e. The SMILES string of the molecule is CCCCCCCCOP(C)(=O)Oc1ccc([N+](=O)[O-])cc1. The minimum atomic E-state index is -3.18. The Morgan fingerprint density at radius 1 is 1.09 bits per heavy atom. The molecule has 1 aromatic rings. The van der Waals surface area contributed by atoms with Crippen LogP contribution in [0.25, 0.3) is 0 Å². The summed E-state index contributed by atoms with van der Waals surface area (Å²) < 4.78 is 22.8. The van der Waals surface area contributed by atoms with Crippen LogP contribution in [0.5, 0.6) is 5.75 Å². The highest BCUT2D eigenvalue weighted by Crippen LogP contribution is 2.44. The number of nitrogens with zero attached hydrogens (tertiary/aromatic N) is 1. The van der Waals surface area contributed by atoms with Gasteiger partial charge in [0, 0.05) is 18.8 Å². The van der Waals surface area contributed by atoms with Crippen molar-refractivity contribution < 1.29 is 18.5 Å². The van der Waals surface area contributed by atoms with E-state index in [1.165, 1.54) is 50.2 Å². The highest BCUT2D eigenvalue weighted by atomic mass is 31.2. The third kappa shape index (κ3) is 7.57. The molecule has 7 heteroatoms. The Hall–Kier alpha value is -1.39. The van der Waals surface area contributed by atoms with E-state index in [0.717, 1.165) is 19.3 Å². The number of nitro benzene ring substituents is 1. The summed E-state index contributed by atoms with van der Waals surface area (Å²) in [5.41, 5.74) is -0.0358. The van der Waals surface area contributed by atoms with Crippen LogP contribution >= 0.6 is 7.60 Å². The molecule has 0 bridgehead atoms. The van der Waals surface area contributed by atoms with Crippen LogP contribution in [0, 0.1) is 10.1 Å². The zero-order chi connectivity index (χ0) is 16.4. The van der Waals surface area contributed by atoms with Crippen molar-refractivity contribution in [2.24, 2.45) is 0 Å². The van der Waals surface area contributed by atoms with Gasteiger partial charge in [-0.1, -0.05) is 39.0 Å². The summed E-state index contributed by atoms with van der Waals surface area (Å²) >= 11 is 0. The molecule has 1 unspecified atom stereocenters. The first-order valence-electron chi connectivity index (χ1n) is 7.60. The van der Waals surface area contributed by atoms with E-state index in [1.807, 2.05) is 0 Å². The quantitative estimate of drug-likeness (QED) is 0.242. The average Bonchev–Trinajstić information content (AvgIpc) is 2.46. The summed E-state index contributed by atoms with van der Waals surface area (Å²) in [5, 5.41) is 10.6. The van der Waals surface area contributed by atoms with Gasteiger partial charge < -0.3 is 4.52 Å². The Labute approximate surface area is 131 Å². The summed E-state index contributed by atoms with van der Waals surface area (Å²) in [7, 11) is -3.18. The first kappa shape index (κ1) is 18.7. The number of non-ortho nitro benzene ring substituents is 1. The van der Waals surface area contributed by atoms with Gasteiger partial charge >= 0.3 is 7.60 Å². The van der Waals surface area contributed by atoms with Crippen LogP contribution in [0.1, 0.15) is 45.4 Å². The maximum atomic E-state index is 12.2. The Bertz CT molecular complexity index is 503. The summed E-state index contributed by atoms with van der Waals surface area (Å²) in [6.45, 7) is 3.98. The lowest BCUT2D eigenvalue weighted by molar-refractivity contribution is -0.384. The van der Waals surface area contributed by atoms with E-state index in [2.05, 4.69) is 6.92 Å². The van der Waals surface area contributed by atoms with E-state index >= 15 is 0 Å². The van der Waals surface area contributed by atoms with E-state index in [-0.39, 0.29) is 5.69 Å². The third-order valence-corrected chi connectivity index (χ3v) is 4.34. The van der Waals surface area contributed by atoms with Crippen molar-refractivity contribution in [3.63, 3.8) is 0 Å². The molecular formula is C15H24NO5P. The zero-order valence-electron chi connectivity index (χ0n) is 13.2. The summed E-state index contributed by atoms with van der Waals surface area (Å²) in [6.07, 6.45) is 6.75. The van der Waals surface area contributed by atoms with Gasteiger partial charge in [-0.2, -0.15) is 0 Å². The number of hydrogen-bond acceptors (Lipinski definition) is 5. The van der Waals surface area contributed by atoms with Crippen LogP contribution < -0.4 is 4.52 Å². The van der Waals surface area contributed by atoms with Crippen molar-refractivity contribution in [3.8, 4) is 5.75 Å². The van der Waals surface area contributed by atoms with Gasteiger partial charge in [-0.15, -0.1) is 0 Å². The highest BCUT2D eigenvalue weighted by molar-refractivity contribution is 7.53. The Morgan fingerprint density at radius 3 is 2.27 bits per heavy atom. The van der Waals surface area contributed by atoms with Gasteiger partial charge in [0.1, 0.15) is 5.75 Å². The molecule has 22 heavy (non-hydrogen) atoms. The fourth-order valence-corrected chi connectivity index (χ4v) is 2.98. The molecule has 0 aliphatic rings. The van der Waals surface area contributed by atoms with Crippen molar-refractivity contribution in [1.29, 1.82) is 0 Å². The number of nitro groups is 1. The average molecular weight is 329 g/mol. The van der Waals surface area contributed by atoms with Crippen molar-refractivity contribution in [2.75, 3.05) is 13.3 Å². The third-order valence-electron chi connectivity index (χ3n) is 3.14. The molecule has 0 saturated carbocycles. The van der Waals surface area contributed by atoms with Gasteiger partial charge in [0.2, 0.25) is 0 Å². The first-order chi connectivity index (χ1) is 10.4. The predicted octanol–water partition coefficient (Wildman–Crippen LogP) is 5.17. The summed E-state index contributed by atoms with van der Waals surface area (Å²) in [5.74, 6) is 0.305. The van der Waals surface area contributed by atoms with Crippen LogP contribution in [0.3, 0.4) is 0 Å². The molecule has 1 atom stereocenters. The zero-order valence-corrected chi connectivity index (χ0v) is 14.1. The second kappa shape index (κ2) is 9.59. The second-order valence-corrected chi connectivity index (χ2v) is 7.20. The Morgan fingerprint density at radius 2 is 1.68 bits per heavy atom. The Balaban J connectivity index is 2.31. The molecule has 1 rings (SSSR count). The Kier molecular flexibility index (Phi) is 8.13. The largest absolute Gasteiger partial charge is 0.425 e. The standard InChI is InChI=1S/C15H24NO5P/c1-3-4-5-6-7-8-13-20-22(2,19)21-15-11-9-14(10-12-15)16(17)18/h9-12H,3-8,13H2,1-2H3. The predicted molar refractivity (Wildman–Crippen MR) is 86.6 cm³/mol. The minimum absolute atomic E-state index is 0.0358. The fourth-order valence-electron chi connectivity index (χ4n) is 1.96. The number of hydrogen-bond donors (Lipinski definition) is 0. The molecule has 0 N–H and O–H groups in total. The summed E-state index contributed by atoms with van der Waals surface area (Å²) in [4.78, 5) is 10.1. The molecule has 6 nitrogen and oxygen atoms in total. The van der Waals surface area contributed by atoms with E-state index in [9.17, 15) is 14.7 Å². The minimum Gasteiger partial charge on any atom is -0.425 e. The molecule has 124 valence electrons. The van der Waals surface area contributed by atoms with Crippen LogP contribution in [0.2, 0.25) is 0 Å². The first-order valence-corrected chi connectivity index (χ1v) is 9.59. The number of rotatable bonds is 11. The molecule has 0 saturated heterocycles. The molecule has 0 aliphatic carbocycles. The molecule has 0 heterocycles. The van der Waals surface area contributed by atoms with Gasteiger partial charge in [0.05, 0.1) is 11.5 Å². The highest BCUT2D eigenvalue weighted by Gasteiger charge is 2.18. The molecule has 0 spiro atoms. The van der Waals surface area contributed by atoms with Crippen molar-refractivity contribution in [2.45, 2.75) is 45.4 Å². The van der Waals surface area contributed by atoms with Crippen molar-refractivity contribution >= 4 is 13.3 Å². The lowest BCUT2D eigenvalue weighted by atomic mass is 10.1. The van der Waals surface area contributed by atoms with Gasteiger partial charge in [-0.3, -0.25) is 14.6 Å². The fraction of sp³-hybridized carbons (Fsp3) is 0.600. The lowest BCUT2D eigenvalue weighted by Crippen LogP contribution is -1.99. The second-order valence-electron chi connectivity index (χ2n) is 5.21. The van der Waals surface area contributed by atoms with Crippen LogP contribution in [-0.2, 0) is 9.09 Å². The lowest BCUT2D eigenvalue weighted by Gasteiger charge is -2.15. The molecular weight excluding hydrogens is 305 g/mol. The van der Waals surface area contributed by atoms with E-state index in [1.54, 1.807) is 0 Å². The van der Waals surface area contributed by atoms with Gasteiger partial charge in [-0.05, 0) is 18.6 Å². The van der Waals surface area contributed by atoms with Gasteiger partial charge in [-0.25, -0.2) is 4.57 Å². The van der Waals surface area contributed by atoms with Gasteiger partial charge in [0.25, 0.3) is 5.69 Å². The number of benzene rings is 1. The van der Waals surface area contributed by atoms with Crippen LogP contribution in [-0.4, -0.2) is 18.2 Å². The van der Waals surface area contributed by atoms with Crippen LogP contribution in [0.4, 0.5) is 5.69 Å². The van der Waals surface area contributed by atoms with Crippen LogP contribution in [0.15, 0.2) is 24.3 Å². The van der Waals surface area contributed by atoms with Crippen molar-refractivity contribution in [1.82, 2.24) is 0 Å². The molecule has 0 radical (unpaired) electrons. The summed E-state index contributed by atoms with van der Waals surface area (Å²) in [6, 6.07) is 5.46. The molecule has 0 aromatic heterocycles. The smallest absolute Gasteiger partial charge is 0.376 e. The monoisotopic (exact) mass is 329 g/mol. The van der Waals surface area contributed by atoms with Gasteiger partial charge in [0.15, 0.2) is 0 Å². The molecule has 1 aromatic carbocycles. The van der Waals surface area contributed by atoms with E-state index in [0.29, 0.717) is 12.4 Å².